The molecule has 3 fully saturated rings. The first-order valence-corrected chi connectivity index (χ1v) is 6.56. The Morgan fingerprint density at radius 3 is 2.43 bits per heavy atom. The van der Waals surface area contributed by atoms with Gasteiger partial charge in [0.05, 0.1) is 0 Å². The molecule has 3 atom stereocenters. The number of hydrogen-bond donors (Lipinski definition) is 1. The summed E-state index contributed by atoms with van der Waals surface area (Å²) in [5.41, 5.74) is 0.763. The van der Waals surface area contributed by atoms with Crippen LogP contribution in [0.3, 0.4) is 0 Å². The van der Waals surface area contributed by atoms with Gasteiger partial charge in [0.15, 0.2) is 0 Å². The van der Waals surface area contributed by atoms with Gasteiger partial charge in [0.1, 0.15) is 0 Å². The van der Waals surface area contributed by atoms with Crippen LogP contribution in [0.2, 0.25) is 0 Å². The fourth-order valence-electron chi connectivity index (χ4n) is 4.36. The van der Waals surface area contributed by atoms with E-state index in [-0.39, 0.29) is 0 Å². The van der Waals surface area contributed by atoms with E-state index in [1.807, 2.05) is 0 Å². The molecule has 0 aromatic carbocycles. The van der Waals surface area contributed by atoms with Gasteiger partial charge in [0.2, 0.25) is 0 Å². The van der Waals surface area contributed by atoms with E-state index in [9.17, 15) is 0 Å². The van der Waals surface area contributed by atoms with Crippen LogP contribution in [0.5, 0.6) is 0 Å². The van der Waals surface area contributed by atoms with Gasteiger partial charge in [-0.05, 0) is 61.8 Å². The minimum atomic E-state index is 0.763. The molecule has 1 heteroatoms. The molecule has 0 saturated heterocycles. The molecular formula is C13H23N. The summed E-state index contributed by atoms with van der Waals surface area (Å²) in [5, 5.41) is 3.64. The van der Waals surface area contributed by atoms with Crippen molar-refractivity contribution >= 4 is 0 Å². The second-order valence-corrected chi connectivity index (χ2v) is 5.87. The second kappa shape index (κ2) is 3.23. The average molecular weight is 193 g/mol. The van der Waals surface area contributed by atoms with Crippen molar-refractivity contribution in [2.45, 2.75) is 45.4 Å². The number of hydrogen-bond acceptors (Lipinski definition) is 1. The summed E-state index contributed by atoms with van der Waals surface area (Å²) in [4.78, 5) is 0. The maximum atomic E-state index is 3.64. The third-order valence-corrected chi connectivity index (χ3v) is 5.12. The van der Waals surface area contributed by atoms with E-state index in [4.69, 9.17) is 0 Å². The highest BCUT2D eigenvalue weighted by Gasteiger charge is 2.57. The standard InChI is InChI=1S/C13H23N/c1-2-14-9-13(11-5-6-11)8-10-3-4-12(13)7-10/h10-12,14H,2-9H2,1H3. The Morgan fingerprint density at radius 2 is 1.93 bits per heavy atom. The topological polar surface area (TPSA) is 12.0 Å². The predicted molar refractivity (Wildman–Crippen MR) is 59.1 cm³/mol. The molecule has 2 bridgehead atoms. The van der Waals surface area contributed by atoms with E-state index in [1.165, 1.54) is 19.4 Å². The second-order valence-electron chi connectivity index (χ2n) is 5.87. The predicted octanol–water partition coefficient (Wildman–Crippen LogP) is 2.81. The van der Waals surface area contributed by atoms with Gasteiger partial charge in [-0.25, -0.2) is 0 Å². The third-order valence-electron chi connectivity index (χ3n) is 5.12. The van der Waals surface area contributed by atoms with Gasteiger partial charge in [-0.3, -0.25) is 0 Å². The lowest BCUT2D eigenvalue weighted by molar-refractivity contribution is 0.126. The number of nitrogens with one attached hydrogen (secondary N) is 1. The zero-order valence-corrected chi connectivity index (χ0v) is 9.39. The third kappa shape index (κ3) is 1.25. The van der Waals surface area contributed by atoms with Crippen molar-refractivity contribution in [1.82, 2.24) is 5.32 Å². The largest absolute Gasteiger partial charge is 0.316 e. The van der Waals surface area contributed by atoms with Crippen LogP contribution in [0.1, 0.15) is 45.4 Å². The molecule has 0 aromatic rings. The molecule has 0 radical (unpaired) electrons. The molecule has 3 saturated carbocycles. The highest BCUT2D eigenvalue weighted by Crippen LogP contribution is 2.64. The Labute approximate surface area is 87.7 Å². The molecule has 0 amide bonds. The van der Waals surface area contributed by atoms with Crippen molar-refractivity contribution < 1.29 is 0 Å². The van der Waals surface area contributed by atoms with Crippen molar-refractivity contribution in [2.24, 2.45) is 23.2 Å². The van der Waals surface area contributed by atoms with Gasteiger partial charge in [-0.15, -0.1) is 0 Å². The van der Waals surface area contributed by atoms with Crippen LogP contribution in [-0.2, 0) is 0 Å². The molecule has 14 heavy (non-hydrogen) atoms. The summed E-state index contributed by atoms with van der Waals surface area (Å²) in [6.45, 7) is 4.73. The van der Waals surface area contributed by atoms with Crippen molar-refractivity contribution in [3.63, 3.8) is 0 Å². The van der Waals surface area contributed by atoms with E-state index < -0.39 is 0 Å². The van der Waals surface area contributed by atoms with Crippen molar-refractivity contribution in [1.29, 1.82) is 0 Å². The Balaban J connectivity index is 1.75. The van der Waals surface area contributed by atoms with Crippen molar-refractivity contribution in [3.05, 3.63) is 0 Å². The van der Waals surface area contributed by atoms with Crippen LogP contribution < -0.4 is 5.32 Å². The van der Waals surface area contributed by atoms with Crippen LogP contribution in [0.25, 0.3) is 0 Å². The minimum Gasteiger partial charge on any atom is -0.316 e. The Bertz CT molecular complexity index is 221. The molecule has 3 rings (SSSR count). The van der Waals surface area contributed by atoms with Gasteiger partial charge >= 0.3 is 0 Å². The van der Waals surface area contributed by atoms with Crippen molar-refractivity contribution in [3.8, 4) is 0 Å². The fraction of sp³-hybridized carbons (Fsp3) is 1.00. The Morgan fingerprint density at radius 1 is 1.14 bits per heavy atom. The van der Waals surface area contributed by atoms with Gasteiger partial charge in [0, 0.05) is 6.54 Å². The molecular weight excluding hydrogens is 170 g/mol. The summed E-state index contributed by atoms with van der Waals surface area (Å²) >= 11 is 0. The van der Waals surface area contributed by atoms with Crippen LogP contribution in [0, 0.1) is 23.2 Å². The summed E-state index contributed by atoms with van der Waals surface area (Å²) in [6, 6.07) is 0. The maximum absolute atomic E-state index is 3.64. The zero-order valence-electron chi connectivity index (χ0n) is 9.39. The molecule has 3 unspecified atom stereocenters. The van der Waals surface area contributed by atoms with E-state index in [0.29, 0.717) is 0 Å². The van der Waals surface area contributed by atoms with Gasteiger partial charge in [-0.2, -0.15) is 0 Å². The van der Waals surface area contributed by atoms with E-state index >= 15 is 0 Å². The highest BCUT2D eigenvalue weighted by atomic mass is 14.9. The molecule has 80 valence electrons. The van der Waals surface area contributed by atoms with Crippen molar-refractivity contribution in [2.75, 3.05) is 13.1 Å². The van der Waals surface area contributed by atoms with Crippen LogP contribution in [-0.4, -0.2) is 13.1 Å². The average Bonchev–Trinajstić information content (AvgIpc) is 2.88. The first kappa shape index (κ1) is 9.21. The lowest BCUT2D eigenvalue weighted by Crippen LogP contribution is -2.40. The molecule has 0 heterocycles. The monoisotopic (exact) mass is 193 g/mol. The van der Waals surface area contributed by atoms with Gasteiger partial charge in [-0.1, -0.05) is 13.3 Å². The van der Waals surface area contributed by atoms with E-state index in [2.05, 4.69) is 12.2 Å². The number of fused-ring (bicyclic) bond motifs is 2. The zero-order chi connectivity index (χ0) is 9.60. The minimum absolute atomic E-state index is 0.763. The summed E-state index contributed by atoms with van der Waals surface area (Å²) < 4.78 is 0. The SMILES string of the molecule is CCNCC1(C2CC2)CC2CCC1C2. The summed E-state index contributed by atoms with van der Waals surface area (Å²) in [7, 11) is 0. The van der Waals surface area contributed by atoms with Crippen LogP contribution in [0.15, 0.2) is 0 Å². The molecule has 0 aromatic heterocycles. The first-order chi connectivity index (χ1) is 6.85. The summed E-state index contributed by atoms with van der Waals surface area (Å²) in [6.07, 6.45) is 9.30. The van der Waals surface area contributed by atoms with Gasteiger partial charge in [0.25, 0.3) is 0 Å². The highest BCUT2D eigenvalue weighted by molar-refractivity contribution is 5.07. The molecule has 3 aliphatic rings. The van der Waals surface area contributed by atoms with E-state index in [0.717, 1.165) is 29.7 Å². The van der Waals surface area contributed by atoms with Crippen LogP contribution in [0.4, 0.5) is 0 Å². The Hall–Kier alpha value is -0.0400. The smallest absolute Gasteiger partial charge is 0.00131 e. The maximum Gasteiger partial charge on any atom is 0.00131 e. The Kier molecular flexibility index (Phi) is 2.12. The van der Waals surface area contributed by atoms with E-state index in [1.54, 1.807) is 25.7 Å². The number of rotatable bonds is 4. The molecule has 0 spiro atoms. The molecule has 1 N–H and O–H groups in total. The molecule has 3 aliphatic carbocycles. The molecule has 1 nitrogen and oxygen atoms in total. The normalized spacial score (nSPS) is 46.1. The quantitative estimate of drug-likeness (QED) is 0.724. The summed E-state index contributed by atoms with van der Waals surface area (Å²) in [5.74, 6) is 3.31. The molecule has 0 aliphatic heterocycles. The van der Waals surface area contributed by atoms with Gasteiger partial charge < -0.3 is 5.32 Å². The van der Waals surface area contributed by atoms with Crippen LogP contribution >= 0.6 is 0 Å². The lowest BCUT2D eigenvalue weighted by atomic mass is 9.69. The first-order valence-electron chi connectivity index (χ1n) is 6.56. The fourth-order valence-corrected chi connectivity index (χ4v) is 4.36. The lowest BCUT2D eigenvalue weighted by Gasteiger charge is -2.38.